The molecule has 7 heteroatoms. The molecule has 1 atom stereocenters. The van der Waals surface area contributed by atoms with Crippen molar-refractivity contribution in [2.75, 3.05) is 7.11 Å². The number of benzene rings is 1. The molecular weight excluding hydrogens is 276 g/mol. The van der Waals surface area contributed by atoms with Crippen molar-refractivity contribution >= 4 is 23.9 Å². The Kier molecular flexibility index (Phi) is 5.94. The van der Waals surface area contributed by atoms with Crippen LogP contribution in [0.15, 0.2) is 30.3 Å². The van der Waals surface area contributed by atoms with Crippen LogP contribution in [0.2, 0.25) is 0 Å². The number of hydrogen-bond acceptors (Lipinski definition) is 4. The number of carboxylic acids is 1. The normalized spacial score (nSPS) is 11.9. The lowest BCUT2D eigenvalue weighted by Crippen LogP contribution is -2.42. The van der Waals surface area contributed by atoms with E-state index in [-0.39, 0.29) is 0 Å². The maximum atomic E-state index is 11.6. The number of carbonyl (C=O) groups is 3. The fraction of sp³-hybridized carbons (Fsp3) is 0.214. The molecule has 2 amide bonds. The van der Waals surface area contributed by atoms with Gasteiger partial charge in [-0.1, -0.05) is 12.1 Å². The van der Waals surface area contributed by atoms with Gasteiger partial charge in [-0.15, -0.1) is 0 Å². The maximum Gasteiger partial charge on any atom is 0.326 e. The predicted molar refractivity (Wildman–Crippen MR) is 75.4 cm³/mol. The quantitative estimate of drug-likeness (QED) is 0.618. The molecular formula is C14H16N2O5. The number of nitrogens with one attached hydrogen (secondary N) is 1. The van der Waals surface area contributed by atoms with Gasteiger partial charge in [0, 0.05) is 6.08 Å². The largest absolute Gasteiger partial charge is 0.497 e. The molecule has 0 heterocycles. The van der Waals surface area contributed by atoms with E-state index < -0.39 is 30.2 Å². The molecule has 1 aromatic carbocycles. The monoisotopic (exact) mass is 292 g/mol. The Morgan fingerprint density at radius 1 is 1.33 bits per heavy atom. The van der Waals surface area contributed by atoms with Crippen molar-refractivity contribution in [1.82, 2.24) is 5.32 Å². The van der Waals surface area contributed by atoms with Crippen LogP contribution in [0.3, 0.4) is 0 Å². The van der Waals surface area contributed by atoms with Crippen LogP contribution >= 0.6 is 0 Å². The minimum Gasteiger partial charge on any atom is -0.497 e. The summed E-state index contributed by atoms with van der Waals surface area (Å²) >= 11 is 0. The zero-order valence-electron chi connectivity index (χ0n) is 11.4. The molecule has 1 aromatic rings. The van der Waals surface area contributed by atoms with Crippen molar-refractivity contribution in [1.29, 1.82) is 0 Å². The molecule has 21 heavy (non-hydrogen) atoms. The van der Waals surface area contributed by atoms with E-state index in [0.717, 1.165) is 5.56 Å². The molecule has 0 fully saturated rings. The smallest absolute Gasteiger partial charge is 0.326 e. The molecule has 7 nitrogen and oxygen atoms in total. The van der Waals surface area contributed by atoms with E-state index in [0.29, 0.717) is 5.75 Å². The molecule has 4 N–H and O–H groups in total. The van der Waals surface area contributed by atoms with Gasteiger partial charge in [-0.3, -0.25) is 9.59 Å². The van der Waals surface area contributed by atoms with Crippen molar-refractivity contribution in [3.8, 4) is 5.75 Å². The minimum atomic E-state index is -1.34. The first-order valence-corrected chi connectivity index (χ1v) is 6.06. The van der Waals surface area contributed by atoms with Crippen LogP contribution in [0.4, 0.5) is 0 Å². The standard InChI is InChI=1S/C14H16N2O5/c1-21-10-5-2-9(3-6-10)4-7-13(18)16-11(14(19)20)8-12(15)17/h2-7,11H,8H2,1H3,(H2,15,17)(H,16,18)(H,19,20)/t11-/m0/s1. The second kappa shape index (κ2) is 7.68. The predicted octanol–water partition coefficient (Wildman–Crippen LogP) is 0.153. The molecule has 0 saturated carbocycles. The highest BCUT2D eigenvalue weighted by Crippen LogP contribution is 2.12. The number of ether oxygens (including phenoxy) is 1. The van der Waals surface area contributed by atoms with Gasteiger partial charge in [-0.25, -0.2) is 4.79 Å². The van der Waals surface area contributed by atoms with Crippen LogP contribution in [0.25, 0.3) is 6.08 Å². The number of rotatable bonds is 7. The van der Waals surface area contributed by atoms with E-state index in [1.807, 2.05) is 0 Å². The molecule has 0 aromatic heterocycles. The number of amides is 2. The topological polar surface area (TPSA) is 119 Å². The van der Waals surface area contributed by atoms with Crippen LogP contribution in [-0.4, -0.2) is 36.0 Å². The van der Waals surface area contributed by atoms with Gasteiger partial charge in [0.2, 0.25) is 11.8 Å². The average Bonchev–Trinajstić information content (AvgIpc) is 2.44. The lowest BCUT2D eigenvalue weighted by atomic mass is 10.2. The van der Waals surface area contributed by atoms with Crippen molar-refractivity contribution in [3.63, 3.8) is 0 Å². The number of primary amides is 1. The van der Waals surface area contributed by atoms with Gasteiger partial charge in [0.25, 0.3) is 0 Å². The molecule has 0 unspecified atom stereocenters. The van der Waals surface area contributed by atoms with Crippen LogP contribution < -0.4 is 15.8 Å². The van der Waals surface area contributed by atoms with E-state index in [9.17, 15) is 14.4 Å². The van der Waals surface area contributed by atoms with E-state index >= 15 is 0 Å². The second-order valence-electron chi connectivity index (χ2n) is 4.18. The first-order chi connectivity index (χ1) is 9.92. The van der Waals surface area contributed by atoms with Crippen LogP contribution in [0.1, 0.15) is 12.0 Å². The van der Waals surface area contributed by atoms with Crippen molar-refractivity contribution in [2.24, 2.45) is 5.73 Å². The fourth-order valence-corrected chi connectivity index (χ4v) is 1.51. The number of aliphatic carboxylic acids is 1. The van der Waals surface area contributed by atoms with Gasteiger partial charge in [-0.2, -0.15) is 0 Å². The van der Waals surface area contributed by atoms with Gasteiger partial charge in [-0.05, 0) is 23.8 Å². The van der Waals surface area contributed by atoms with Gasteiger partial charge < -0.3 is 20.9 Å². The zero-order valence-corrected chi connectivity index (χ0v) is 11.4. The van der Waals surface area contributed by atoms with Crippen molar-refractivity contribution < 1.29 is 24.2 Å². The summed E-state index contributed by atoms with van der Waals surface area (Å²) in [4.78, 5) is 33.2. The van der Waals surface area contributed by atoms with E-state index in [1.165, 1.54) is 12.2 Å². The van der Waals surface area contributed by atoms with E-state index in [4.69, 9.17) is 15.6 Å². The average molecular weight is 292 g/mol. The fourth-order valence-electron chi connectivity index (χ4n) is 1.51. The molecule has 0 aliphatic heterocycles. The number of carboxylic acid groups (broad SMARTS) is 1. The number of nitrogens with two attached hydrogens (primary N) is 1. The van der Waals surface area contributed by atoms with Crippen LogP contribution in [0, 0.1) is 0 Å². The highest BCUT2D eigenvalue weighted by molar-refractivity contribution is 5.95. The maximum absolute atomic E-state index is 11.6. The number of carbonyl (C=O) groups excluding carboxylic acids is 2. The highest BCUT2D eigenvalue weighted by atomic mass is 16.5. The molecule has 1 rings (SSSR count). The number of methoxy groups -OCH3 is 1. The first-order valence-electron chi connectivity index (χ1n) is 6.06. The molecule has 112 valence electrons. The van der Waals surface area contributed by atoms with E-state index in [2.05, 4.69) is 5.32 Å². The minimum absolute atomic E-state index is 0.461. The third-order valence-electron chi connectivity index (χ3n) is 2.56. The van der Waals surface area contributed by atoms with Crippen molar-refractivity contribution in [3.05, 3.63) is 35.9 Å². The summed E-state index contributed by atoms with van der Waals surface area (Å²) in [6.45, 7) is 0. The summed E-state index contributed by atoms with van der Waals surface area (Å²) in [5.41, 5.74) is 5.66. The Balaban J connectivity index is 2.63. The Labute approximate surface area is 121 Å². The lowest BCUT2D eigenvalue weighted by Gasteiger charge is -2.10. The summed E-state index contributed by atoms with van der Waals surface area (Å²) in [7, 11) is 1.54. The molecule has 0 bridgehead atoms. The van der Waals surface area contributed by atoms with Gasteiger partial charge >= 0.3 is 5.97 Å². The summed E-state index contributed by atoms with van der Waals surface area (Å²) in [6, 6.07) is 5.59. The summed E-state index contributed by atoms with van der Waals surface area (Å²) in [6.07, 6.45) is 2.23. The Hall–Kier alpha value is -2.83. The third-order valence-corrected chi connectivity index (χ3v) is 2.56. The Morgan fingerprint density at radius 2 is 1.95 bits per heavy atom. The summed E-state index contributed by atoms with van der Waals surface area (Å²) < 4.78 is 5.00. The summed E-state index contributed by atoms with van der Waals surface area (Å²) in [5.74, 6) is -2.06. The molecule has 0 radical (unpaired) electrons. The molecule has 0 saturated heterocycles. The van der Waals surface area contributed by atoms with Crippen LogP contribution in [-0.2, 0) is 14.4 Å². The highest BCUT2D eigenvalue weighted by Gasteiger charge is 2.20. The van der Waals surface area contributed by atoms with Crippen molar-refractivity contribution in [2.45, 2.75) is 12.5 Å². The lowest BCUT2D eigenvalue weighted by molar-refractivity contribution is -0.142. The Morgan fingerprint density at radius 3 is 2.43 bits per heavy atom. The SMILES string of the molecule is COc1ccc(C=CC(=O)N[C@@H](CC(N)=O)C(=O)O)cc1. The molecule has 0 aliphatic carbocycles. The Bertz CT molecular complexity index is 551. The van der Waals surface area contributed by atoms with Gasteiger partial charge in [0.05, 0.1) is 13.5 Å². The van der Waals surface area contributed by atoms with Gasteiger partial charge in [0.15, 0.2) is 0 Å². The zero-order chi connectivity index (χ0) is 15.8. The summed E-state index contributed by atoms with van der Waals surface area (Å²) in [5, 5.41) is 11.0. The molecule has 0 aliphatic rings. The number of hydrogen-bond donors (Lipinski definition) is 3. The van der Waals surface area contributed by atoms with E-state index in [1.54, 1.807) is 31.4 Å². The third kappa shape index (κ3) is 5.77. The first kappa shape index (κ1) is 16.2. The van der Waals surface area contributed by atoms with Gasteiger partial charge in [0.1, 0.15) is 11.8 Å². The second-order valence-corrected chi connectivity index (χ2v) is 4.18. The molecule has 0 spiro atoms. The van der Waals surface area contributed by atoms with Crippen LogP contribution in [0.5, 0.6) is 5.75 Å².